The van der Waals surface area contributed by atoms with Gasteiger partial charge >= 0.3 is 0 Å². The summed E-state index contributed by atoms with van der Waals surface area (Å²) in [5, 5.41) is 3.84. The summed E-state index contributed by atoms with van der Waals surface area (Å²) in [6, 6.07) is 5.45. The molecule has 1 rings (SSSR count). The summed E-state index contributed by atoms with van der Waals surface area (Å²) in [6.07, 6.45) is 0. The van der Waals surface area contributed by atoms with Gasteiger partial charge < -0.3 is 15.0 Å². The monoisotopic (exact) mass is 270 g/mol. The molecule has 0 radical (unpaired) electrons. The molecule has 1 aromatic carbocycles. The fourth-order valence-corrected chi connectivity index (χ4v) is 1.60. The number of hydrogen-bond acceptors (Lipinski definition) is 3. The molecule has 0 aliphatic heterocycles. The fraction of sp³-hybridized carbons (Fsp3) is 0.462. The summed E-state index contributed by atoms with van der Waals surface area (Å²) in [4.78, 5) is 13.0. The molecule has 0 heterocycles. The number of carbonyl (C=O) groups is 1. The first-order chi connectivity index (χ1) is 8.56. The third-order valence-electron chi connectivity index (χ3n) is 2.48. The lowest BCUT2D eigenvalue weighted by molar-refractivity contribution is -0.130. The zero-order valence-electron chi connectivity index (χ0n) is 11.0. The Hall–Kier alpha value is -1.26. The molecule has 0 aliphatic carbocycles. The van der Waals surface area contributed by atoms with Gasteiger partial charge in [0.1, 0.15) is 5.75 Å². The molecule has 0 spiro atoms. The Morgan fingerprint density at radius 1 is 1.44 bits per heavy atom. The summed E-state index contributed by atoms with van der Waals surface area (Å²) >= 11 is 6.13. The molecule has 0 fully saturated rings. The summed E-state index contributed by atoms with van der Waals surface area (Å²) < 4.78 is 5.52. The van der Waals surface area contributed by atoms with Crippen molar-refractivity contribution in [3.05, 3.63) is 28.8 Å². The van der Waals surface area contributed by atoms with Crippen LogP contribution in [-0.4, -0.2) is 38.1 Å². The number of carbonyl (C=O) groups excluding carboxylic acids is 1. The van der Waals surface area contributed by atoms with Gasteiger partial charge in [-0.05, 0) is 18.7 Å². The lowest BCUT2D eigenvalue weighted by Gasteiger charge is -2.15. The third-order valence-corrected chi connectivity index (χ3v) is 2.83. The maximum Gasteiger partial charge on any atom is 0.259 e. The molecule has 0 atom stereocenters. The van der Waals surface area contributed by atoms with E-state index in [-0.39, 0.29) is 12.5 Å². The molecule has 0 aromatic heterocycles. The predicted octanol–water partition coefficient (Wildman–Crippen LogP) is 1.92. The van der Waals surface area contributed by atoms with Crippen LogP contribution in [0.2, 0.25) is 5.02 Å². The Labute approximate surface area is 113 Å². The van der Waals surface area contributed by atoms with Crippen molar-refractivity contribution in [2.45, 2.75) is 13.5 Å². The van der Waals surface area contributed by atoms with Crippen LogP contribution in [0.25, 0.3) is 0 Å². The molecule has 5 heteroatoms. The van der Waals surface area contributed by atoms with Gasteiger partial charge in [-0.15, -0.1) is 0 Å². The van der Waals surface area contributed by atoms with Gasteiger partial charge in [0.05, 0.1) is 0 Å². The Morgan fingerprint density at radius 3 is 2.78 bits per heavy atom. The van der Waals surface area contributed by atoms with E-state index in [0.717, 1.165) is 12.1 Å². The van der Waals surface area contributed by atoms with E-state index < -0.39 is 0 Å². The lowest BCUT2D eigenvalue weighted by atomic mass is 10.2. The first kappa shape index (κ1) is 14.8. The van der Waals surface area contributed by atoms with Crippen molar-refractivity contribution >= 4 is 17.5 Å². The summed E-state index contributed by atoms with van der Waals surface area (Å²) in [6.45, 7) is 3.52. The third kappa shape index (κ3) is 4.20. The molecule has 1 amide bonds. The Kier molecular flexibility index (Phi) is 5.95. The number of hydrogen-bond donors (Lipinski definition) is 1. The van der Waals surface area contributed by atoms with Crippen molar-refractivity contribution in [3.63, 3.8) is 0 Å². The van der Waals surface area contributed by atoms with E-state index in [1.807, 2.05) is 25.1 Å². The molecule has 18 heavy (non-hydrogen) atoms. The van der Waals surface area contributed by atoms with Crippen LogP contribution in [0.4, 0.5) is 0 Å². The smallest absolute Gasteiger partial charge is 0.259 e. The molecule has 1 N–H and O–H groups in total. The number of nitrogens with one attached hydrogen (secondary N) is 1. The highest BCUT2D eigenvalue weighted by molar-refractivity contribution is 6.31. The molecule has 0 unspecified atom stereocenters. The Balaban J connectivity index is 2.75. The van der Waals surface area contributed by atoms with E-state index in [1.165, 1.54) is 4.90 Å². The van der Waals surface area contributed by atoms with Crippen LogP contribution < -0.4 is 10.1 Å². The van der Waals surface area contributed by atoms with Gasteiger partial charge in [-0.3, -0.25) is 4.79 Å². The van der Waals surface area contributed by atoms with Gasteiger partial charge in [0.2, 0.25) is 0 Å². The van der Waals surface area contributed by atoms with E-state index in [1.54, 1.807) is 14.1 Å². The average molecular weight is 271 g/mol. The van der Waals surface area contributed by atoms with Crippen LogP contribution in [0, 0.1) is 0 Å². The van der Waals surface area contributed by atoms with Gasteiger partial charge in [0.25, 0.3) is 5.91 Å². The van der Waals surface area contributed by atoms with Crippen molar-refractivity contribution < 1.29 is 9.53 Å². The number of halogens is 1. The van der Waals surface area contributed by atoms with Gasteiger partial charge in [0, 0.05) is 31.2 Å². The largest absolute Gasteiger partial charge is 0.483 e. The number of likely N-dealkylation sites (N-methyl/N-ethyl adjacent to an activating group) is 1. The van der Waals surface area contributed by atoms with Gasteiger partial charge in [-0.25, -0.2) is 0 Å². The molecular weight excluding hydrogens is 252 g/mol. The van der Waals surface area contributed by atoms with Gasteiger partial charge in [-0.2, -0.15) is 0 Å². The fourth-order valence-electron chi connectivity index (χ4n) is 1.36. The van der Waals surface area contributed by atoms with Crippen molar-refractivity contribution in [1.82, 2.24) is 10.2 Å². The molecule has 4 nitrogen and oxygen atoms in total. The van der Waals surface area contributed by atoms with Crippen molar-refractivity contribution in [2.75, 3.05) is 27.2 Å². The lowest BCUT2D eigenvalue weighted by Crippen LogP contribution is -2.27. The predicted molar refractivity (Wildman–Crippen MR) is 73.0 cm³/mol. The minimum atomic E-state index is -0.0793. The zero-order chi connectivity index (χ0) is 13.5. The second kappa shape index (κ2) is 7.24. The second-order valence-corrected chi connectivity index (χ2v) is 4.48. The summed E-state index contributed by atoms with van der Waals surface area (Å²) in [5.41, 5.74) is 0.882. The van der Waals surface area contributed by atoms with E-state index >= 15 is 0 Å². The topological polar surface area (TPSA) is 41.6 Å². The van der Waals surface area contributed by atoms with Crippen LogP contribution >= 0.6 is 11.6 Å². The van der Waals surface area contributed by atoms with E-state index in [4.69, 9.17) is 16.3 Å². The zero-order valence-corrected chi connectivity index (χ0v) is 11.8. The SMILES string of the molecule is CCNCc1c(Cl)cccc1OCC(=O)N(C)C. The Morgan fingerprint density at radius 2 is 2.17 bits per heavy atom. The molecule has 0 saturated carbocycles. The average Bonchev–Trinajstić information content (AvgIpc) is 2.34. The maximum atomic E-state index is 11.5. The highest BCUT2D eigenvalue weighted by atomic mass is 35.5. The number of ether oxygens (including phenoxy) is 1. The number of nitrogens with zero attached hydrogens (tertiary/aromatic N) is 1. The molecule has 1 aromatic rings. The summed E-state index contributed by atoms with van der Waals surface area (Å²) in [5.74, 6) is 0.572. The van der Waals surface area contributed by atoms with Crippen LogP contribution in [0.15, 0.2) is 18.2 Å². The van der Waals surface area contributed by atoms with Crippen LogP contribution in [-0.2, 0) is 11.3 Å². The van der Waals surface area contributed by atoms with Crippen molar-refractivity contribution in [3.8, 4) is 5.75 Å². The van der Waals surface area contributed by atoms with Gasteiger partial charge in [-0.1, -0.05) is 24.6 Å². The van der Waals surface area contributed by atoms with Crippen molar-refractivity contribution in [1.29, 1.82) is 0 Å². The molecular formula is C13H19ClN2O2. The number of benzene rings is 1. The van der Waals surface area contributed by atoms with Crippen LogP contribution in [0.5, 0.6) is 5.75 Å². The van der Waals surface area contributed by atoms with Crippen LogP contribution in [0.3, 0.4) is 0 Å². The quantitative estimate of drug-likeness (QED) is 0.859. The number of amides is 1. The molecule has 100 valence electrons. The second-order valence-electron chi connectivity index (χ2n) is 4.07. The standard InChI is InChI=1S/C13H19ClN2O2/c1-4-15-8-10-11(14)6-5-7-12(10)18-9-13(17)16(2)3/h5-7,15H,4,8-9H2,1-3H3. The van der Waals surface area contributed by atoms with E-state index in [2.05, 4.69) is 5.32 Å². The van der Waals surface area contributed by atoms with Gasteiger partial charge in [0.15, 0.2) is 6.61 Å². The molecule has 0 bridgehead atoms. The first-order valence-corrected chi connectivity index (χ1v) is 6.25. The Bertz CT molecular complexity index is 408. The highest BCUT2D eigenvalue weighted by Crippen LogP contribution is 2.26. The maximum absolute atomic E-state index is 11.5. The molecule has 0 aliphatic rings. The first-order valence-electron chi connectivity index (χ1n) is 5.87. The summed E-state index contributed by atoms with van der Waals surface area (Å²) in [7, 11) is 3.40. The van der Waals surface area contributed by atoms with Crippen LogP contribution in [0.1, 0.15) is 12.5 Å². The highest BCUT2D eigenvalue weighted by Gasteiger charge is 2.10. The van der Waals surface area contributed by atoms with Crippen molar-refractivity contribution in [2.24, 2.45) is 0 Å². The number of rotatable bonds is 6. The minimum absolute atomic E-state index is 0.0203. The molecule has 0 saturated heterocycles. The van der Waals surface area contributed by atoms with E-state index in [9.17, 15) is 4.79 Å². The minimum Gasteiger partial charge on any atom is -0.483 e. The normalized spacial score (nSPS) is 10.2. The van der Waals surface area contributed by atoms with E-state index in [0.29, 0.717) is 17.3 Å².